The molecule has 1 aromatic heterocycles. The Bertz CT molecular complexity index is 652. The van der Waals surface area contributed by atoms with Gasteiger partial charge in [0.15, 0.2) is 9.58 Å². The maximum atomic E-state index is 13.6. The van der Waals surface area contributed by atoms with E-state index in [1.165, 1.54) is 0 Å². The first-order valence-corrected chi connectivity index (χ1v) is 8.77. The number of rotatable bonds is 2. The summed E-state index contributed by atoms with van der Waals surface area (Å²) in [7, 11) is -1.71. The van der Waals surface area contributed by atoms with E-state index in [1.807, 2.05) is 32.0 Å². The lowest BCUT2D eigenvalue weighted by atomic mass is 10.0. The Balaban J connectivity index is 0.00000176. The van der Waals surface area contributed by atoms with Crippen molar-refractivity contribution in [2.45, 2.75) is 56.9 Å². The molecule has 3 rings (SSSR count). The van der Waals surface area contributed by atoms with Crippen molar-refractivity contribution in [1.29, 1.82) is 0 Å². The van der Waals surface area contributed by atoms with Gasteiger partial charge >= 0.3 is 5.51 Å². The van der Waals surface area contributed by atoms with Gasteiger partial charge in [0.05, 0.1) is 10.5 Å². The highest BCUT2D eigenvalue weighted by molar-refractivity contribution is 7.38. The van der Waals surface area contributed by atoms with Gasteiger partial charge in [0.2, 0.25) is 0 Å². The summed E-state index contributed by atoms with van der Waals surface area (Å²) >= 11 is 0. The van der Waals surface area contributed by atoms with Crippen LogP contribution >= 0.6 is 10.5 Å². The topological polar surface area (TPSA) is 0 Å². The van der Waals surface area contributed by atoms with E-state index in [4.69, 9.17) is 0 Å². The maximum absolute atomic E-state index is 13.6. The summed E-state index contributed by atoms with van der Waals surface area (Å²) < 4.78 is 41.4. The lowest BCUT2D eigenvalue weighted by Gasteiger charge is -2.06. The van der Waals surface area contributed by atoms with Gasteiger partial charge < -0.3 is 12.4 Å². The van der Waals surface area contributed by atoms with Crippen molar-refractivity contribution in [2.24, 2.45) is 0 Å². The van der Waals surface area contributed by atoms with Crippen molar-refractivity contribution in [3.05, 3.63) is 34.7 Å². The zero-order valence-electron chi connectivity index (χ0n) is 12.7. The minimum atomic E-state index is -4.16. The fourth-order valence-electron chi connectivity index (χ4n) is 3.30. The molecule has 1 aliphatic carbocycles. The predicted octanol–water partition coefficient (Wildman–Crippen LogP) is 3.85. The zero-order chi connectivity index (χ0) is 15.2. The van der Waals surface area contributed by atoms with Crippen molar-refractivity contribution < 1.29 is 25.6 Å². The van der Waals surface area contributed by atoms with Gasteiger partial charge in [-0.3, -0.25) is 0 Å². The monoisotopic (exact) mass is 348 g/mol. The Kier molecular flexibility index (Phi) is 5.13. The molecule has 0 radical (unpaired) electrons. The highest BCUT2D eigenvalue weighted by Crippen LogP contribution is 2.55. The molecule has 0 N–H and O–H groups in total. The van der Waals surface area contributed by atoms with Crippen LogP contribution in [0.2, 0.25) is 0 Å². The van der Waals surface area contributed by atoms with Gasteiger partial charge in [-0.05, 0) is 30.4 Å². The Morgan fingerprint density at radius 1 is 1.09 bits per heavy atom. The van der Waals surface area contributed by atoms with Crippen LogP contribution in [0.5, 0.6) is 0 Å². The molecule has 1 aliphatic rings. The summed E-state index contributed by atoms with van der Waals surface area (Å²) in [5.41, 5.74) is -3.16. The highest BCUT2D eigenvalue weighted by Gasteiger charge is 2.49. The third-order valence-electron chi connectivity index (χ3n) is 4.45. The molecule has 0 saturated heterocycles. The van der Waals surface area contributed by atoms with E-state index in [0.717, 1.165) is 36.6 Å². The summed E-state index contributed by atoms with van der Waals surface area (Å²) in [6, 6.07) is 7.45. The van der Waals surface area contributed by atoms with E-state index in [0.29, 0.717) is 9.58 Å². The van der Waals surface area contributed by atoms with Crippen LogP contribution in [0, 0.1) is 0 Å². The van der Waals surface area contributed by atoms with E-state index in [-0.39, 0.29) is 24.2 Å². The molecule has 122 valence electrons. The molecule has 1 fully saturated rings. The fourth-order valence-corrected chi connectivity index (χ4v) is 5.50. The molecular weight excluding hydrogens is 329 g/mol. The quantitative estimate of drug-likeness (QED) is 0.723. The van der Waals surface area contributed by atoms with Gasteiger partial charge in [-0.15, -0.1) is 13.2 Å². The number of halogens is 4. The maximum Gasteiger partial charge on any atom is 0.600 e. The van der Waals surface area contributed by atoms with Crippen LogP contribution in [-0.2, 0) is 5.51 Å². The number of hydrogen-bond donors (Lipinski definition) is 0. The third-order valence-corrected chi connectivity index (χ3v) is 6.63. The van der Waals surface area contributed by atoms with Gasteiger partial charge in [-0.2, -0.15) is 0 Å². The first-order chi connectivity index (χ1) is 9.88. The molecule has 0 bridgehead atoms. The predicted molar refractivity (Wildman–Crippen MR) is 83.0 cm³/mol. The van der Waals surface area contributed by atoms with E-state index in [1.54, 1.807) is 6.07 Å². The largest absolute Gasteiger partial charge is 1.00 e. The summed E-state index contributed by atoms with van der Waals surface area (Å²) in [4.78, 5) is 0.635. The van der Waals surface area contributed by atoms with Crippen LogP contribution in [0.4, 0.5) is 13.2 Å². The van der Waals surface area contributed by atoms with Crippen molar-refractivity contribution in [3.8, 4) is 0 Å². The second-order valence-corrected chi connectivity index (χ2v) is 8.22. The van der Waals surface area contributed by atoms with E-state index >= 15 is 0 Å². The molecule has 1 heterocycles. The first kappa shape index (κ1) is 17.6. The lowest BCUT2D eigenvalue weighted by Crippen LogP contribution is -3.00. The Morgan fingerprint density at radius 3 is 2.27 bits per heavy atom. The smallest absolute Gasteiger partial charge is 0.600 e. The minimum absolute atomic E-state index is 0. The third kappa shape index (κ3) is 3.13. The SMILES string of the molecule is CC(C)c1ccc2cc(C3CCCC3)[s+](C(F)(F)F)c2c1.[Cl-]. The summed E-state index contributed by atoms with van der Waals surface area (Å²) in [6.07, 6.45) is 3.95. The normalized spacial score (nSPS) is 17.3. The standard InChI is InChI=1S/C17H20F3S.ClH/c1-11(2)13-7-8-14-10-15(12-5-3-4-6-12)21(16(14)9-13)17(18,19)20;/h7-12H,3-6H2,1-2H3;1H/q+1;/p-1. The Morgan fingerprint density at radius 2 is 1.73 bits per heavy atom. The van der Waals surface area contributed by atoms with Gasteiger partial charge in [0.1, 0.15) is 0 Å². The molecule has 1 aromatic carbocycles. The van der Waals surface area contributed by atoms with Crippen LogP contribution in [0.25, 0.3) is 10.1 Å². The van der Waals surface area contributed by atoms with Gasteiger partial charge in [-0.25, -0.2) is 0 Å². The van der Waals surface area contributed by atoms with Gasteiger partial charge in [-0.1, -0.05) is 32.8 Å². The molecule has 0 spiro atoms. The van der Waals surface area contributed by atoms with E-state index in [9.17, 15) is 13.2 Å². The van der Waals surface area contributed by atoms with Crippen LogP contribution in [0.15, 0.2) is 24.3 Å². The molecule has 0 aliphatic heterocycles. The Hall–Kier alpha value is -0.740. The van der Waals surface area contributed by atoms with Crippen molar-refractivity contribution in [2.75, 3.05) is 0 Å². The molecule has 1 atom stereocenters. The number of alkyl halides is 3. The second-order valence-electron chi connectivity index (χ2n) is 6.23. The lowest BCUT2D eigenvalue weighted by molar-refractivity contribution is -0.0868. The number of fused-ring (bicyclic) bond motifs is 1. The summed E-state index contributed by atoms with van der Waals surface area (Å²) in [5.74, 6) is 0.384. The van der Waals surface area contributed by atoms with Gasteiger partial charge in [0, 0.05) is 23.4 Å². The average molecular weight is 349 g/mol. The highest BCUT2D eigenvalue weighted by atomic mass is 35.5. The van der Waals surface area contributed by atoms with E-state index in [2.05, 4.69) is 0 Å². The number of benzene rings is 1. The Labute approximate surface area is 138 Å². The second kappa shape index (κ2) is 6.40. The molecule has 22 heavy (non-hydrogen) atoms. The van der Waals surface area contributed by atoms with E-state index < -0.39 is 16.0 Å². The van der Waals surface area contributed by atoms with Crippen LogP contribution in [0.1, 0.15) is 61.8 Å². The molecular formula is C17H20ClF3S. The number of thiophene rings is 1. The van der Waals surface area contributed by atoms with Crippen molar-refractivity contribution in [3.63, 3.8) is 0 Å². The fraction of sp³-hybridized carbons (Fsp3) is 0.529. The molecule has 1 unspecified atom stereocenters. The zero-order valence-corrected chi connectivity index (χ0v) is 14.3. The minimum Gasteiger partial charge on any atom is -1.00 e. The van der Waals surface area contributed by atoms with Crippen molar-refractivity contribution in [1.82, 2.24) is 0 Å². The summed E-state index contributed by atoms with van der Waals surface area (Å²) in [6.45, 7) is 4.04. The van der Waals surface area contributed by atoms with Crippen molar-refractivity contribution >= 4 is 20.6 Å². The average Bonchev–Trinajstić information content (AvgIpc) is 3.03. The van der Waals surface area contributed by atoms with Crippen LogP contribution < -0.4 is 12.4 Å². The molecule has 0 nitrogen and oxygen atoms in total. The number of hydrogen-bond acceptors (Lipinski definition) is 0. The molecule has 5 heteroatoms. The summed E-state index contributed by atoms with van der Waals surface area (Å²) in [5, 5.41) is 0.780. The van der Waals surface area contributed by atoms with Crippen LogP contribution in [0.3, 0.4) is 0 Å². The van der Waals surface area contributed by atoms with Gasteiger partial charge in [0.25, 0.3) is 0 Å². The van der Waals surface area contributed by atoms with Crippen LogP contribution in [-0.4, -0.2) is 0 Å². The molecule has 0 amide bonds. The molecule has 1 saturated carbocycles. The molecule has 2 aromatic rings. The first-order valence-electron chi connectivity index (χ1n) is 7.54.